The highest BCUT2D eigenvalue weighted by molar-refractivity contribution is 6.29. The third kappa shape index (κ3) is 5.44. The fourth-order valence-corrected chi connectivity index (χ4v) is 3.61. The average molecular weight is 450 g/mol. The summed E-state index contributed by atoms with van der Waals surface area (Å²) in [5.74, 6) is -0.395. The van der Waals surface area contributed by atoms with Gasteiger partial charge in [-0.3, -0.25) is 4.79 Å². The zero-order valence-corrected chi connectivity index (χ0v) is 18.6. The van der Waals surface area contributed by atoms with Crippen LogP contribution in [0.1, 0.15) is 44.4 Å². The van der Waals surface area contributed by atoms with Crippen LogP contribution in [-0.2, 0) is 16.0 Å². The highest BCUT2D eigenvalue weighted by atomic mass is 35.5. The van der Waals surface area contributed by atoms with Crippen molar-refractivity contribution < 1.29 is 23.5 Å². The summed E-state index contributed by atoms with van der Waals surface area (Å²) in [4.78, 5) is 30.6. The molecule has 166 valence electrons. The number of ether oxygens (including phenoxy) is 2. The Morgan fingerprint density at radius 3 is 2.74 bits per heavy atom. The van der Waals surface area contributed by atoms with Gasteiger partial charge in [0.05, 0.1) is 19.6 Å². The number of hydrogen-bond donors (Lipinski definition) is 1. The van der Waals surface area contributed by atoms with Gasteiger partial charge in [-0.1, -0.05) is 11.6 Å². The number of pyridine rings is 1. The Morgan fingerprint density at radius 1 is 1.32 bits per heavy atom. The van der Waals surface area contributed by atoms with Crippen molar-refractivity contribution in [1.29, 1.82) is 0 Å². The quantitative estimate of drug-likeness (QED) is 0.698. The molecule has 0 fully saturated rings. The average Bonchev–Trinajstić information content (AvgIpc) is 2.69. The topological polar surface area (TPSA) is 80.8 Å². The molecule has 0 radical (unpaired) electrons. The fraction of sp³-hybridized carbons (Fsp3) is 0.409. The van der Waals surface area contributed by atoms with E-state index in [1.54, 1.807) is 51.0 Å². The lowest BCUT2D eigenvalue weighted by molar-refractivity contribution is -0.118. The van der Waals surface area contributed by atoms with Crippen LogP contribution in [0.5, 0.6) is 5.75 Å². The highest BCUT2D eigenvalue weighted by Crippen LogP contribution is 2.37. The van der Waals surface area contributed by atoms with Crippen LogP contribution in [0.2, 0.25) is 5.15 Å². The van der Waals surface area contributed by atoms with E-state index in [-0.39, 0.29) is 29.1 Å². The zero-order chi connectivity index (χ0) is 22.8. The van der Waals surface area contributed by atoms with Crippen molar-refractivity contribution in [3.63, 3.8) is 0 Å². The monoisotopic (exact) mass is 449 g/mol. The van der Waals surface area contributed by atoms with E-state index in [0.29, 0.717) is 24.4 Å². The van der Waals surface area contributed by atoms with Crippen molar-refractivity contribution in [3.05, 3.63) is 52.6 Å². The second-order valence-corrected chi connectivity index (χ2v) is 8.57. The minimum absolute atomic E-state index is 0.163. The number of nitrogens with zero attached hydrogens (tertiary/aromatic N) is 2. The SMILES string of the molecule is COc1ccc2c(c1)C(NC(=O)OC(C)(C)C)CCN2C(=O)Cc1ccnc(Cl)c1F. The van der Waals surface area contributed by atoms with Gasteiger partial charge in [-0.25, -0.2) is 14.2 Å². The van der Waals surface area contributed by atoms with Crippen LogP contribution in [0.4, 0.5) is 14.9 Å². The van der Waals surface area contributed by atoms with Crippen molar-refractivity contribution in [1.82, 2.24) is 10.3 Å². The van der Waals surface area contributed by atoms with E-state index in [1.807, 2.05) is 0 Å². The number of alkyl carbamates (subject to hydrolysis) is 1. The third-order valence-corrected chi connectivity index (χ3v) is 5.07. The Morgan fingerprint density at radius 2 is 2.06 bits per heavy atom. The lowest BCUT2D eigenvalue weighted by Gasteiger charge is -2.35. The summed E-state index contributed by atoms with van der Waals surface area (Å²) >= 11 is 5.73. The largest absolute Gasteiger partial charge is 0.497 e. The van der Waals surface area contributed by atoms with E-state index in [0.717, 1.165) is 5.56 Å². The molecule has 1 atom stereocenters. The number of aromatic nitrogens is 1. The van der Waals surface area contributed by atoms with E-state index in [4.69, 9.17) is 21.1 Å². The summed E-state index contributed by atoms with van der Waals surface area (Å²) in [5, 5.41) is 2.60. The summed E-state index contributed by atoms with van der Waals surface area (Å²) in [6.07, 6.45) is 1.12. The Labute approximate surface area is 185 Å². The van der Waals surface area contributed by atoms with Crippen LogP contribution in [0.15, 0.2) is 30.5 Å². The number of rotatable bonds is 4. The molecule has 2 amide bonds. The van der Waals surface area contributed by atoms with Gasteiger partial charge in [0.1, 0.15) is 11.4 Å². The molecule has 0 spiro atoms. The third-order valence-electron chi connectivity index (χ3n) is 4.80. The zero-order valence-electron chi connectivity index (χ0n) is 17.9. The maximum atomic E-state index is 14.2. The molecular formula is C22H25ClFN3O4. The molecule has 1 aromatic carbocycles. The molecule has 1 aliphatic heterocycles. The van der Waals surface area contributed by atoms with E-state index < -0.39 is 17.5 Å². The van der Waals surface area contributed by atoms with Crippen molar-refractivity contribution >= 4 is 29.3 Å². The molecule has 2 aromatic rings. The van der Waals surface area contributed by atoms with E-state index >= 15 is 0 Å². The van der Waals surface area contributed by atoms with Crippen LogP contribution in [0.3, 0.4) is 0 Å². The predicted octanol–water partition coefficient (Wildman–Crippen LogP) is 4.43. The van der Waals surface area contributed by atoms with Crippen molar-refractivity contribution in [3.8, 4) is 5.75 Å². The Balaban J connectivity index is 1.86. The summed E-state index contributed by atoms with van der Waals surface area (Å²) < 4.78 is 24.9. The first-order valence-electron chi connectivity index (χ1n) is 9.85. The molecule has 2 heterocycles. The first-order valence-corrected chi connectivity index (χ1v) is 10.2. The number of nitrogens with one attached hydrogen (secondary N) is 1. The molecule has 0 saturated carbocycles. The van der Waals surface area contributed by atoms with E-state index in [1.165, 1.54) is 12.3 Å². The van der Waals surface area contributed by atoms with Crippen LogP contribution < -0.4 is 15.0 Å². The Bertz CT molecular complexity index is 993. The number of methoxy groups -OCH3 is 1. The van der Waals surface area contributed by atoms with Gasteiger partial charge in [-0.05, 0) is 51.5 Å². The smallest absolute Gasteiger partial charge is 0.408 e. The number of hydrogen-bond acceptors (Lipinski definition) is 5. The first kappa shape index (κ1) is 22.8. The lowest BCUT2D eigenvalue weighted by atomic mass is 9.95. The Hall–Kier alpha value is -2.87. The van der Waals surface area contributed by atoms with Gasteiger partial charge in [0.25, 0.3) is 0 Å². The second kappa shape index (κ2) is 9.09. The summed E-state index contributed by atoms with van der Waals surface area (Å²) in [6, 6.07) is 6.34. The molecule has 3 rings (SSSR count). The van der Waals surface area contributed by atoms with Crippen molar-refractivity contribution in [2.45, 2.75) is 45.3 Å². The summed E-state index contributed by atoms with van der Waals surface area (Å²) in [6.45, 7) is 5.71. The maximum absolute atomic E-state index is 14.2. The molecular weight excluding hydrogens is 425 g/mol. The highest BCUT2D eigenvalue weighted by Gasteiger charge is 2.31. The standard InChI is InChI=1S/C22H25ClFN3O4/c1-22(2,3)31-21(29)26-16-8-10-27(17-6-5-14(30-4)12-15(16)17)18(28)11-13-7-9-25-20(23)19(13)24/h5-7,9,12,16H,8,10-11H2,1-4H3,(H,26,29). The molecule has 1 unspecified atom stereocenters. The lowest BCUT2D eigenvalue weighted by Crippen LogP contribution is -2.43. The number of halogens is 2. The van der Waals surface area contributed by atoms with Crippen LogP contribution in [-0.4, -0.2) is 36.2 Å². The van der Waals surface area contributed by atoms with Gasteiger partial charge in [0, 0.05) is 29.6 Å². The van der Waals surface area contributed by atoms with Gasteiger partial charge < -0.3 is 19.7 Å². The summed E-state index contributed by atoms with van der Waals surface area (Å²) in [5.41, 5.74) is 0.888. The van der Waals surface area contributed by atoms with Gasteiger partial charge in [-0.2, -0.15) is 0 Å². The number of anilines is 1. The predicted molar refractivity (Wildman–Crippen MR) is 115 cm³/mol. The number of amides is 2. The number of carbonyl (C=O) groups is 2. The van der Waals surface area contributed by atoms with Crippen molar-refractivity contribution in [2.24, 2.45) is 0 Å². The molecule has 1 N–H and O–H groups in total. The number of carbonyl (C=O) groups excluding carboxylic acids is 2. The van der Waals surface area contributed by atoms with Gasteiger partial charge in [-0.15, -0.1) is 0 Å². The molecule has 1 aliphatic rings. The van der Waals surface area contributed by atoms with Crippen molar-refractivity contribution in [2.75, 3.05) is 18.6 Å². The number of fused-ring (bicyclic) bond motifs is 1. The van der Waals surface area contributed by atoms with E-state index in [9.17, 15) is 14.0 Å². The molecule has 1 aromatic heterocycles. The second-order valence-electron chi connectivity index (χ2n) is 8.21. The molecule has 0 saturated heterocycles. The van der Waals surface area contributed by atoms with Gasteiger partial charge in [0.15, 0.2) is 11.0 Å². The molecule has 0 aliphatic carbocycles. The maximum Gasteiger partial charge on any atom is 0.408 e. The van der Waals surface area contributed by atoms with Gasteiger partial charge in [0.2, 0.25) is 5.91 Å². The first-order chi connectivity index (χ1) is 14.6. The molecule has 9 heteroatoms. The van der Waals surface area contributed by atoms with Crippen LogP contribution >= 0.6 is 11.6 Å². The molecule has 31 heavy (non-hydrogen) atoms. The van der Waals surface area contributed by atoms with Crippen LogP contribution in [0, 0.1) is 5.82 Å². The normalized spacial score (nSPS) is 15.8. The minimum atomic E-state index is -0.700. The van der Waals surface area contributed by atoms with Crippen LogP contribution in [0.25, 0.3) is 0 Å². The minimum Gasteiger partial charge on any atom is -0.497 e. The molecule has 0 bridgehead atoms. The van der Waals surface area contributed by atoms with Gasteiger partial charge >= 0.3 is 6.09 Å². The Kier molecular flexibility index (Phi) is 6.69. The molecule has 7 nitrogen and oxygen atoms in total. The number of benzene rings is 1. The van der Waals surface area contributed by atoms with E-state index in [2.05, 4.69) is 10.3 Å². The fourth-order valence-electron chi connectivity index (χ4n) is 3.43. The summed E-state index contributed by atoms with van der Waals surface area (Å²) in [7, 11) is 1.54.